The van der Waals surface area contributed by atoms with Gasteiger partial charge in [0, 0.05) is 41.5 Å². The average Bonchev–Trinajstić information content (AvgIpc) is 2.95. The monoisotopic (exact) mass is 343 g/mol. The maximum Gasteiger partial charge on any atom is 0.229 e. The van der Waals surface area contributed by atoms with Gasteiger partial charge in [-0.3, -0.25) is 4.79 Å². The highest BCUT2D eigenvalue weighted by Crippen LogP contribution is 2.35. The van der Waals surface area contributed by atoms with Crippen molar-refractivity contribution in [1.82, 2.24) is 4.90 Å². The lowest BCUT2D eigenvalue weighted by Gasteiger charge is -2.38. The standard InChI is InChI=1S/C16H19Cl2NO3/c1-11(14-12(17)3-2-4-13(14)18)15(20)19-7-5-16(6-8-19)21-9-10-22-16/h2-4,11H,5-10H2,1H3/t11-/m0/s1. The number of hydrogen-bond donors (Lipinski definition) is 0. The fourth-order valence-corrected chi connectivity index (χ4v) is 3.90. The fraction of sp³-hybridized carbons (Fsp3) is 0.562. The molecule has 2 heterocycles. The molecule has 1 atom stereocenters. The molecule has 6 heteroatoms. The summed E-state index contributed by atoms with van der Waals surface area (Å²) in [6.07, 6.45) is 1.42. The Morgan fingerprint density at radius 2 is 1.73 bits per heavy atom. The van der Waals surface area contributed by atoms with Crippen LogP contribution in [0, 0.1) is 0 Å². The third-order valence-electron chi connectivity index (χ3n) is 4.45. The van der Waals surface area contributed by atoms with Crippen LogP contribution < -0.4 is 0 Å². The van der Waals surface area contributed by atoms with Crippen LogP contribution in [0.2, 0.25) is 10.0 Å². The number of rotatable bonds is 2. The Morgan fingerprint density at radius 1 is 1.18 bits per heavy atom. The second kappa shape index (κ2) is 6.36. The van der Waals surface area contributed by atoms with Crippen LogP contribution in [-0.2, 0) is 14.3 Å². The molecule has 0 bridgehead atoms. The lowest BCUT2D eigenvalue weighted by molar-refractivity contribution is -0.187. The number of ether oxygens (including phenoxy) is 2. The van der Waals surface area contributed by atoms with Crippen LogP contribution in [0.15, 0.2) is 18.2 Å². The molecule has 0 N–H and O–H groups in total. The van der Waals surface area contributed by atoms with Gasteiger partial charge in [0.2, 0.25) is 5.91 Å². The van der Waals surface area contributed by atoms with Crippen molar-refractivity contribution >= 4 is 29.1 Å². The van der Waals surface area contributed by atoms with E-state index in [9.17, 15) is 4.79 Å². The van der Waals surface area contributed by atoms with Crippen molar-refractivity contribution in [2.24, 2.45) is 0 Å². The predicted octanol–water partition coefficient (Wildman–Crippen LogP) is 3.46. The first-order valence-corrected chi connectivity index (χ1v) is 8.29. The molecule has 1 amide bonds. The molecule has 4 nitrogen and oxygen atoms in total. The Balaban J connectivity index is 1.69. The van der Waals surface area contributed by atoms with Gasteiger partial charge in [-0.1, -0.05) is 29.3 Å². The normalized spacial score (nSPS) is 22.0. The SMILES string of the molecule is C[C@H](C(=O)N1CCC2(CC1)OCCO2)c1c(Cl)cccc1Cl. The minimum atomic E-state index is -0.470. The van der Waals surface area contributed by atoms with E-state index in [4.69, 9.17) is 32.7 Å². The van der Waals surface area contributed by atoms with Crippen LogP contribution >= 0.6 is 23.2 Å². The maximum absolute atomic E-state index is 12.7. The Kier molecular flexibility index (Phi) is 4.64. The molecule has 0 aliphatic carbocycles. The lowest BCUT2D eigenvalue weighted by Crippen LogP contribution is -2.48. The van der Waals surface area contributed by atoms with Crippen molar-refractivity contribution in [2.75, 3.05) is 26.3 Å². The zero-order valence-electron chi connectivity index (χ0n) is 12.5. The Hall–Kier alpha value is -0.810. The molecule has 2 saturated heterocycles. The molecule has 120 valence electrons. The maximum atomic E-state index is 12.7. The number of hydrogen-bond acceptors (Lipinski definition) is 3. The molecule has 0 saturated carbocycles. The van der Waals surface area contributed by atoms with Gasteiger partial charge in [0.25, 0.3) is 0 Å². The average molecular weight is 344 g/mol. The third-order valence-corrected chi connectivity index (χ3v) is 5.11. The van der Waals surface area contributed by atoms with Gasteiger partial charge in [-0.25, -0.2) is 0 Å². The fourth-order valence-electron chi connectivity index (χ4n) is 3.18. The van der Waals surface area contributed by atoms with E-state index in [1.165, 1.54) is 0 Å². The van der Waals surface area contributed by atoms with Gasteiger partial charge in [0.05, 0.1) is 19.1 Å². The molecule has 3 rings (SSSR count). The van der Waals surface area contributed by atoms with Crippen molar-refractivity contribution in [3.8, 4) is 0 Å². The Morgan fingerprint density at radius 3 is 2.27 bits per heavy atom. The topological polar surface area (TPSA) is 38.8 Å². The number of benzene rings is 1. The number of halogens is 2. The van der Waals surface area contributed by atoms with Crippen LogP contribution in [-0.4, -0.2) is 42.9 Å². The molecular weight excluding hydrogens is 325 g/mol. The molecule has 1 aromatic carbocycles. The van der Waals surface area contributed by atoms with E-state index in [1.54, 1.807) is 18.2 Å². The van der Waals surface area contributed by atoms with Crippen LogP contribution in [0.3, 0.4) is 0 Å². The van der Waals surface area contributed by atoms with E-state index >= 15 is 0 Å². The molecule has 0 unspecified atom stereocenters. The molecule has 0 aromatic heterocycles. The lowest BCUT2D eigenvalue weighted by atomic mass is 9.97. The van der Waals surface area contributed by atoms with Crippen molar-refractivity contribution in [1.29, 1.82) is 0 Å². The smallest absolute Gasteiger partial charge is 0.229 e. The van der Waals surface area contributed by atoms with E-state index in [0.29, 0.717) is 54.8 Å². The zero-order valence-corrected chi connectivity index (χ0v) is 14.0. The summed E-state index contributed by atoms with van der Waals surface area (Å²) in [5.74, 6) is -0.786. The molecule has 2 aliphatic heterocycles. The summed E-state index contributed by atoms with van der Waals surface area (Å²) in [6.45, 7) is 4.39. The quantitative estimate of drug-likeness (QED) is 0.825. The number of carbonyl (C=O) groups excluding carboxylic acids is 1. The first kappa shape index (κ1) is 16.1. The summed E-state index contributed by atoms with van der Waals surface area (Å²) in [7, 11) is 0. The highest BCUT2D eigenvalue weighted by atomic mass is 35.5. The molecule has 1 spiro atoms. The first-order chi connectivity index (χ1) is 10.5. The molecule has 0 radical (unpaired) electrons. The minimum absolute atomic E-state index is 0.0443. The first-order valence-electron chi connectivity index (χ1n) is 7.53. The predicted molar refractivity (Wildman–Crippen MR) is 85.3 cm³/mol. The highest BCUT2D eigenvalue weighted by Gasteiger charge is 2.41. The summed E-state index contributed by atoms with van der Waals surface area (Å²) in [6, 6.07) is 5.31. The van der Waals surface area contributed by atoms with Crippen LogP contribution in [0.1, 0.15) is 31.2 Å². The van der Waals surface area contributed by atoms with Gasteiger partial charge in [-0.2, -0.15) is 0 Å². The molecule has 2 aliphatic rings. The molecule has 1 aromatic rings. The van der Waals surface area contributed by atoms with Gasteiger partial charge >= 0.3 is 0 Å². The molecule has 22 heavy (non-hydrogen) atoms. The van der Waals surface area contributed by atoms with Crippen molar-refractivity contribution in [2.45, 2.75) is 31.5 Å². The number of nitrogens with zero attached hydrogens (tertiary/aromatic N) is 1. The van der Waals surface area contributed by atoms with E-state index in [1.807, 2.05) is 11.8 Å². The van der Waals surface area contributed by atoms with Crippen molar-refractivity contribution in [3.05, 3.63) is 33.8 Å². The van der Waals surface area contributed by atoms with Gasteiger partial charge in [0.15, 0.2) is 5.79 Å². The number of carbonyl (C=O) groups is 1. The number of likely N-dealkylation sites (tertiary alicyclic amines) is 1. The largest absolute Gasteiger partial charge is 0.347 e. The van der Waals surface area contributed by atoms with Crippen molar-refractivity contribution in [3.63, 3.8) is 0 Å². The summed E-state index contributed by atoms with van der Waals surface area (Å²) in [4.78, 5) is 14.6. The summed E-state index contributed by atoms with van der Waals surface area (Å²) >= 11 is 12.4. The van der Waals surface area contributed by atoms with Crippen LogP contribution in [0.4, 0.5) is 0 Å². The van der Waals surface area contributed by atoms with E-state index in [2.05, 4.69) is 0 Å². The second-order valence-corrected chi connectivity index (χ2v) is 6.60. The van der Waals surface area contributed by atoms with Gasteiger partial charge < -0.3 is 14.4 Å². The van der Waals surface area contributed by atoms with Crippen LogP contribution in [0.25, 0.3) is 0 Å². The van der Waals surface area contributed by atoms with E-state index in [0.717, 1.165) is 0 Å². The minimum Gasteiger partial charge on any atom is -0.347 e. The van der Waals surface area contributed by atoms with Gasteiger partial charge in [0.1, 0.15) is 0 Å². The summed E-state index contributed by atoms with van der Waals surface area (Å²) in [5.41, 5.74) is 0.699. The Labute approximate surface area is 140 Å². The van der Waals surface area contributed by atoms with E-state index in [-0.39, 0.29) is 11.8 Å². The van der Waals surface area contributed by atoms with Gasteiger partial charge in [-0.05, 0) is 19.1 Å². The van der Waals surface area contributed by atoms with Gasteiger partial charge in [-0.15, -0.1) is 0 Å². The van der Waals surface area contributed by atoms with E-state index < -0.39 is 5.79 Å². The second-order valence-electron chi connectivity index (χ2n) is 5.79. The van der Waals surface area contributed by atoms with Crippen molar-refractivity contribution < 1.29 is 14.3 Å². The highest BCUT2D eigenvalue weighted by molar-refractivity contribution is 6.36. The third kappa shape index (κ3) is 2.98. The van der Waals surface area contributed by atoms with Crippen LogP contribution in [0.5, 0.6) is 0 Å². The summed E-state index contributed by atoms with van der Waals surface area (Å²) < 4.78 is 11.4. The summed E-state index contributed by atoms with van der Waals surface area (Å²) in [5, 5.41) is 1.06. The zero-order chi connectivity index (χ0) is 15.7. The number of piperidine rings is 1. The number of amides is 1. The molecular formula is C16H19Cl2NO3. The molecule has 2 fully saturated rings. The Bertz CT molecular complexity index is 542.